The number of hydrogen-bond donors (Lipinski definition) is 1. The summed E-state index contributed by atoms with van der Waals surface area (Å²) >= 11 is 0. The van der Waals surface area contributed by atoms with Crippen molar-refractivity contribution in [3.8, 4) is 22.9 Å². The molecule has 1 aliphatic carbocycles. The van der Waals surface area contributed by atoms with E-state index in [-0.39, 0.29) is 23.5 Å². The van der Waals surface area contributed by atoms with Crippen LogP contribution in [0.15, 0.2) is 24.5 Å². The first kappa shape index (κ1) is 22.5. The molecule has 8 nitrogen and oxygen atoms in total. The largest absolute Gasteiger partial charge is 0.493 e. The second kappa shape index (κ2) is 9.30. The van der Waals surface area contributed by atoms with Crippen LogP contribution >= 0.6 is 0 Å². The van der Waals surface area contributed by atoms with Gasteiger partial charge in [-0.1, -0.05) is 0 Å². The van der Waals surface area contributed by atoms with Gasteiger partial charge in [0.2, 0.25) is 11.8 Å². The number of amides is 1. The van der Waals surface area contributed by atoms with Gasteiger partial charge in [-0.25, -0.2) is 14.4 Å². The van der Waals surface area contributed by atoms with Crippen molar-refractivity contribution in [1.29, 1.82) is 0 Å². The number of aryl methyl sites for hydroxylation is 1. The first-order valence-corrected chi connectivity index (χ1v) is 9.90. The second-order valence-corrected chi connectivity index (χ2v) is 7.85. The maximum atomic E-state index is 14.2. The van der Waals surface area contributed by atoms with Crippen LogP contribution in [0, 0.1) is 11.7 Å². The fraction of sp³-hybridized carbons (Fsp3) is 0.409. The average molecular weight is 429 g/mol. The number of pyridine rings is 2. The van der Waals surface area contributed by atoms with Gasteiger partial charge in [0.1, 0.15) is 11.4 Å². The van der Waals surface area contributed by atoms with Gasteiger partial charge in [-0.3, -0.25) is 4.79 Å². The molecule has 3 aromatic rings. The summed E-state index contributed by atoms with van der Waals surface area (Å²) in [6, 6.07) is 3.66. The molecule has 0 aliphatic heterocycles. The van der Waals surface area contributed by atoms with Crippen LogP contribution in [0.2, 0.25) is 0 Å². The van der Waals surface area contributed by atoms with E-state index in [0.717, 1.165) is 29.9 Å². The first-order chi connectivity index (χ1) is 14.8. The standard InChI is InChI=1S/C19H19FN4O3.C3H9N/c1-24-13(16-17(26-2)12(20)8-22-19(16)27-3)6-11-7-15(21-9-14(11)24)23-18(25)10-4-5-10;1-4(2)3/h6-10H,4-5H2,1-3H3,(H,21,23,25);1-3H3. The number of methoxy groups -OCH3 is 2. The molecule has 0 bridgehead atoms. The fourth-order valence-electron chi connectivity index (χ4n) is 3.15. The Kier molecular flexibility index (Phi) is 6.74. The van der Waals surface area contributed by atoms with Crippen LogP contribution in [0.4, 0.5) is 10.2 Å². The topological polar surface area (TPSA) is 81.5 Å². The summed E-state index contributed by atoms with van der Waals surface area (Å²) < 4.78 is 26.6. The third kappa shape index (κ3) is 4.93. The third-order valence-electron chi connectivity index (χ3n) is 4.73. The van der Waals surface area contributed by atoms with Gasteiger partial charge in [0.15, 0.2) is 11.6 Å². The van der Waals surface area contributed by atoms with Crippen LogP contribution in [0.5, 0.6) is 11.6 Å². The number of nitrogens with zero attached hydrogens (tertiary/aromatic N) is 4. The van der Waals surface area contributed by atoms with Crippen molar-refractivity contribution in [2.45, 2.75) is 12.8 Å². The van der Waals surface area contributed by atoms with Gasteiger partial charge in [0.05, 0.1) is 37.8 Å². The van der Waals surface area contributed by atoms with Gasteiger partial charge < -0.3 is 24.3 Å². The lowest BCUT2D eigenvalue weighted by Gasteiger charge is -2.13. The monoisotopic (exact) mass is 429 g/mol. The quantitative estimate of drug-likeness (QED) is 0.670. The average Bonchev–Trinajstić information content (AvgIpc) is 3.52. The molecule has 0 unspecified atom stereocenters. The molecule has 4 rings (SSSR count). The summed E-state index contributed by atoms with van der Waals surface area (Å²) in [6.45, 7) is 0. The van der Waals surface area contributed by atoms with Gasteiger partial charge in [0.25, 0.3) is 0 Å². The number of rotatable bonds is 5. The number of ether oxygens (including phenoxy) is 2. The molecule has 1 amide bonds. The molecule has 1 fully saturated rings. The Labute approximate surface area is 181 Å². The molecular formula is C22H28FN5O3. The van der Waals surface area contributed by atoms with Crippen LogP contribution < -0.4 is 14.8 Å². The molecule has 0 spiro atoms. The normalized spacial score (nSPS) is 13.0. The van der Waals surface area contributed by atoms with Crippen LogP contribution in [-0.2, 0) is 11.8 Å². The van der Waals surface area contributed by atoms with E-state index in [4.69, 9.17) is 9.47 Å². The zero-order valence-corrected chi connectivity index (χ0v) is 18.7. The molecular weight excluding hydrogens is 401 g/mol. The van der Waals surface area contributed by atoms with Crippen LogP contribution in [0.3, 0.4) is 0 Å². The number of anilines is 1. The number of fused-ring (bicyclic) bond motifs is 1. The Bertz CT molecular complexity index is 1090. The highest BCUT2D eigenvalue weighted by atomic mass is 19.1. The van der Waals surface area contributed by atoms with Gasteiger partial charge in [-0.05, 0) is 46.1 Å². The third-order valence-corrected chi connectivity index (χ3v) is 4.73. The number of carbonyl (C=O) groups excluding carboxylic acids is 1. The van der Waals surface area contributed by atoms with Crippen LogP contribution in [-0.4, -0.2) is 60.7 Å². The molecule has 3 aromatic heterocycles. The summed E-state index contributed by atoms with van der Waals surface area (Å²) in [7, 11) is 10.7. The number of aromatic nitrogens is 3. The zero-order valence-electron chi connectivity index (χ0n) is 18.7. The van der Waals surface area contributed by atoms with E-state index in [2.05, 4.69) is 15.3 Å². The van der Waals surface area contributed by atoms with Crippen LogP contribution in [0.25, 0.3) is 22.2 Å². The molecule has 1 saturated carbocycles. The van der Waals surface area contributed by atoms with Crippen molar-refractivity contribution < 1.29 is 18.7 Å². The lowest BCUT2D eigenvalue weighted by molar-refractivity contribution is -0.117. The van der Waals surface area contributed by atoms with E-state index in [1.165, 1.54) is 14.2 Å². The predicted octanol–water partition coefficient (Wildman–Crippen LogP) is 3.32. The molecule has 1 aliphatic rings. The van der Waals surface area contributed by atoms with E-state index in [1.807, 2.05) is 43.7 Å². The Hall–Kier alpha value is -3.20. The summed E-state index contributed by atoms with van der Waals surface area (Å²) in [5.41, 5.74) is 1.91. The van der Waals surface area contributed by atoms with E-state index in [0.29, 0.717) is 17.1 Å². The number of carbonyl (C=O) groups is 1. The zero-order chi connectivity index (χ0) is 22.7. The van der Waals surface area contributed by atoms with Crippen molar-refractivity contribution in [1.82, 2.24) is 19.4 Å². The van der Waals surface area contributed by atoms with Gasteiger partial charge in [-0.15, -0.1) is 0 Å². The predicted molar refractivity (Wildman–Crippen MR) is 118 cm³/mol. The maximum Gasteiger partial charge on any atom is 0.228 e. The SMILES string of the molecule is CN(C)C.COc1ncc(F)c(OC)c1-c1cc2cc(NC(=O)C3CC3)ncc2n1C. The molecule has 3 heterocycles. The Balaban J connectivity index is 0.000000628. The van der Waals surface area contributed by atoms with Gasteiger partial charge in [-0.2, -0.15) is 0 Å². The Morgan fingerprint density at radius 1 is 1.16 bits per heavy atom. The highest BCUT2D eigenvalue weighted by Crippen LogP contribution is 2.40. The minimum atomic E-state index is -0.575. The summed E-state index contributed by atoms with van der Waals surface area (Å²) in [4.78, 5) is 22.3. The highest BCUT2D eigenvalue weighted by molar-refractivity contribution is 5.96. The number of halogens is 1. The molecule has 0 atom stereocenters. The Morgan fingerprint density at radius 3 is 2.42 bits per heavy atom. The van der Waals surface area contributed by atoms with Crippen molar-refractivity contribution in [3.05, 3.63) is 30.3 Å². The molecule has 166 valence electrons. The van der Waals surface area contributed by atoms with Crippen molar-refractivity contribution in [3.63, 3.8) is 0 Å². The minimum Gasteiger partial charge on any atom is -0.493 e. The minimum absolute atomic E-state index is 0.00401. The van der Waals surface area contributed by atoms with E-state index in [1.54, 1.807) is 12.3 Å². The second-order valence-electron chi connectivity index (χ2n) is 7.85. The maximum absolute atomic E-state index is 14.2. The molecule has 31 heavy (non-hydrogen) atoms. The first-order valence-electron chi connectivity index (χ1n) is 9.90. The highest BCUT2D eigenvalue weighted by Gasteiger charge is 2.30. The van der Waals surface area contributed by atoms with Crippen LogP contribution in [0.1, 0.15) is 12.8 Å². The molecule has 0 radical (unpaired) electrons. The lowest BCUT2D eigenvalue weighted by Crippen LogP contribution is -2.14. The molecule has 9 heteroatoms. The lowest BCUT2D eigenvalue weighted by atomic mass is 10.1. The Morgan fingerprint density at radius 2 is 1.84 bits per heavy atom. The van der Waals surface area contributed by atoms with E-state index >= 15 is 0 Å². The van der Waals surface area contributed by atoms with Crippen molar-refractivity contribution in [2.24, 2.45) is 13.0 Å². The number of nitrogens with one attached hydrogen (secondary N) is 1. The smallest absolute Gasteiger partial charge is 0.228 e. The fourth-order valence-corrected chi connectivity index (χ4v) is 3.15. The van der Waals surface area contributed by atoms with E-state index < -0.39 is 5.82 Å². The summed E-state index contributed by atoms with van der Waals surface area (Å²) in [5.74, 6) is 0.329. The van der Waals surface area contributed by atoms with Crippen molar-refractivity contribution in [2.75, 3.05) is 40.7 Å². The molecule has 0 aromatic carbocycles. The van der Waals surface area contributed by atoms with E-state index in [9.17, 15) is 9.18 Å². The summed E-state index contributed by atoms with van der Waals surface area (Å²) in [5, 5.41) is 3.69. The van der Waals surface area contributed by atoms with Crippen molar-refractivity contribution >= 4 is 22.6 Å². The van der Waals surface area contributed by atoms with Gasteiger partial charge in [0, 0.05) is 18.4 Å². The number of hydrogen-bond acceptors (Lipinski definition) is 6. The molecule has 1 N–H and O–H groups in total. The van der Waals surface area contributed by atoms with Gasteiger partial charge >= 0.3 is 0 Å². The summed E-state index contributed by atoms with van der Waals surface area (Å²) in [6.07, 6.45) is 4.59. The molecule has 0 saturated heterocycles.